The zero-order valence-electron chi connectivity index (χ0n) is 19.5. The number of nitrogens with one attached hydrogen (secondary N) is 1. The summed E-state index contributed by atoms with van der Waals surface area (Å²) >= 11 is 6.52. The van der Waals surface area contributed by atoms with Gasteiger partial charge in [0.05, 0.1) is 10.7 Å². The molecule has 2 aromatic rings. The maximum absolute atomic E-state index is 12.5. The van der Waals surface area contributed by atoms with Crippen molar-refractivity contribution in [1.29, 1.82) is 0 Å². The van der Waals surface area contributed by atoms with E-state index in [9.17, 15) is 9.59 Å². The standard InChI is InChI=1S/C25H32ClN3O3/c1-17-7-6-8-22(18(17)2)32-16-23(30)27-19-9-10-21(20(26)15-19)28-11-13-29(14-12-28)24(31)25(3,4)5/h6-10,15H,11-14,16H2,1-5H3,(H,27,30). The van der Waals surface area contributed by atoms with Gasteiger partial charge in [0.2, 0.25) is 5.91 Å². The van der Waals surface area contributed by atoms with Crippen LogP contribution in [0, 0.1) is 19.3 Å². The van der Waals surface area contributed by atoms with E-state index >= 15 is 0 Å². The molecule has 1 heterocycles. The van der Waals surface area contributed by atoms with Crippen LogP contribution in [-0.4, -0.2) is 49.5 Å². The van der Waals surface area contributed by atoms with Gasteiger partial charge in [-0.2, -0.15) is 0 Å². The van der Waals surface area contributed by atoms with Crippen LogP contribution in [0.5, 0.6) is 5.75 Å². The summed E-state index contributed by atoms with van der Waals surface area (Å²) in [7, 11) is 0. The summed E-state index contributed by atoms with van der Waals surface area (Å²) < 4.78 is 5.67. The van der Waals surface area contributed by atoms with E-state index in [0.717, 1.165) is 29.9 Å². The van der Waals surface area contributed by atoms with Crippen LogP contribution < -0.4 is 15.0 Å². The van der Waals surface area contributed by atoms with Crippen molar-refractivity contribution in [2.45, 2.75) is 34.6 Å². The monoisotopic (exact) mass is 457 g/mol. The van der Waals surface area contributed by atoms with Crippen molar-refractivity contribution in [1.82, 2.24) is 4.90 Å². The molecule has 1 fully saturated rings. The number of amides is 2. The third kappa shape index (κ3) is 5.74. The first-order chi connectivity index (χ1) is 15.1. The predicted octanol–water partition coefficient (Wildman–Crippen LogP) is 4.67. The van der Waals surface area contributed by atoms with Crippen molar-refractivity contribution < 1.29 is 14.3 Å². The van der Waals surface area contributed by atoms with Gasteiger partial charge in [-0.25, -0.2) is 0 Å². The molecule has 172 valence electrons. The van der Waals surface area contributed by atoms with E-state index < -0.39 is 0 Å². The predicted molar refractivity (Wildman–Crippen MR) is 130 cm³/mol. The van der Waals surface area contributed by atoms with Crippen LogP contribution in [-0.2, 0) is 9.59 Å². The first-order valence-corrected chi connectivity index (χ1v) is 11.3. The largest absolute Gasteiger partial charge is 0.483 e. The van der Waals surface area contributed by atoms with E-state index in [1.807, 2.05) is 69.9 Å². The number of halogens is 1. The molecule has 1 N–H and O–H groups in total. The van der Waals surface area contributed by atoms with E-state index in [4.69, 9.17) is 16.3 Å². The Balaban J connectivity index is 1.55. The molecule has 0 aliphatic carbocycles. The fourth-order valence-electron chi connectivity index (χ4n) is 3.69. The molecule has 7 heteroatoms. The van der Waals surface area contributed by atoms with Gasteiger partial charge in [-0.05, 0) is 49.2 Å². The number of ether oxygens (including phenoxy) is 1. The Morgan fingerprint density at radius 1 is 1.06 bits per heavy atom. The molecule has 1 saturated heterocycles. The normalized spacial score (nSPS) is 14.3. The molecule has 0 spiro atoms. The Morgan fingerprint density at radius 3 is 2.38 bits per heavy atom. The van der Waals surface area contributed by atoms with Gasteiger partial charge in [-0.3, -0.25) is 9.59 Å². The maximum Gasteiger partial charge on any atom is 0.262 e. The minimum Gasteiger partial charge on any atom is -0.483 e. The Labute approximate surface area is 195 Å². The van der Waals surface area contributed by atoms with Gasteiger partial charge < -0.3 is 19.9 Å². The number of aryl methyl sites for hydroxylation is 1. The lowest BCUT2D eigenvalue weighted by Gasteiger charge is -2.39. The number of benzene rings is 2. The van der Waals surface area contributed by atoms with Crippen LogP contribution in [0.25, 0.3) is 0 Å². The number of carbonyl (C=O) groups excluding carboxylic acids is 2. The van der Waals surface area contributed by atoms with E-state index in [1.165, 1.54) is 0 Å². The van der Waals surface area contributed by atoms with E-state index in [1.54, 1.807) is 6.07 Å². The van der Waals surface area contributed by atoms with Gasteiger partial charge in [-0.1, -0.05) is 44.5 Å². The van der Waals surface area contributed by atoms with Crippen LogP contribution in [0.15, 0.2) is 36.4 Å². The molecule has 0 bridgehead atoms. The molecule has 1 aliphatic heterocycles. The average molecular weight is 458 g/mol. The Kier molecular flexibility index (Phi) is 7.34. The van der Waals surface area contributed by atoms with Crippen LogP contribution in [0.1, 0.15) is 31.9 Å². The highest BCUT2D eigenvalue weighted by Gasteiger charge is 2.30. The fourth-order valence-corrected chi connectivity index (χ4v) is 3.99. The number of anilines is 2. The molecule has 3 rings (SSSR count). The second kappa shape index (κ2) is 9.82. The summed E-state index contributed by atoms with van der Waals surface area (Å²) in [5.41, 5.74) is 3.29. The van der Waals surface area contributed by atoms with Gasteiger partial charge in [0.15, 0.2) is 6.61 Å². The first kappa shape index (κ1) is 23.9. The minimum absolute atomic E-state index is 0.0760. The van der Waals surface area contributed by atoms with Crippen molar-refractivity contribution in [3.63, 3.8) is 0 Å². The van der Waals surface area contributed by atoms with Crippen molar-refractivity contribution >= 4 is 34.8 Å². The molecule has 0 atom stereocenters. The molecule has 2 amide bonds. The molecule has 32 heavy (non-hydrogen) atoms. The van der Waals surface area contributed by atoms with Crippen LogP contribution in [0.2, 0.25) is 5.02 Å². The minimum atomic E-state index is -0.374. The summed E-state index contributed by atoms with van der Waals surface area (Å²) in [5, 5.41) is 3.40. The zero-order chi connectivity index (χ0) is 23.5. The van der Waals surface area contributed by atoms with Crippen LogP contribution >= 0.6 is 11.6 Å². The zero-order valence-corrected chi connectivity index (χ0v) is 20.3. The highest BCUT2D eigenvalue weighted by atomic mass is 35.5. The molecular weight excluding hydrogens is 426 g/mol. The number of piperazine rings is 1. The average Bonchev–Trinajstić information content (AvgIpc) is 2.74. The fraction of sp³-hybridized carbons (Fsp3) is 0.440. The van der Waals surface area contributed by atoms with Crippen molar-refractivity contribution in [2.24, 2.45) is 5.41 Å². The Morgan fingerprint density at radius 2 is 1.75 bits per heavy atom. The van der Waals surface area contributed by atoms with E-state index in [2.05, 4.69) is 10.2 Å². The molecule has 0 unspecified atom stereocenters. The van der Waals surface area contributed by atoms with Crippen LogP contribution in [0.3, 0.4) is 0 Å². The highest BCUT2D eigenvalue weighted by Crippen LogP contribution is 2.30. The van der Waals surface area contributed by atoms with Gasteiger partial charge in [-0.15, -0.1) is 0 Å². The number of hydrogen-bond donors (Lipinski definition) is 1. The Bertz CT molecular complexity index is 992. The molecule has 0 radical (unpaired) electrons. The number of carbonyl (C=O) groups is 2. The molecule has 0 aromatic heterocycles. The lowest BCUT2D eigenvalue weighted by atomic mass is 9.94. The summed E-state index contributed by atoms with van der Waals surface area (Å²) in [6, 6.07) is 11.3. The summed E-state index contributed by atoms with van der Waals surface area (Å²) in [6.45, 7) is 12.5. The molecular formula is C25H32ClN3O3. The number of rotatable bonds is 5. The van der Waals surface area contributed by atoms with Gasteiger partial charge >= 0.3 is 0 Å². The first-order valence-electron chi connectivity index (χ1n) is 10.9. The molecule has 6 nitrogen and oxygen atoms in total. The Hall–Kier alpha value is -2.73. The number of hydrogen-bond acceptors (Lipinski definition) is 4. The third-order valence-electron chi connectivity index (χ3n) is 5.69. The van der Waals surface area contributed by atoms with Crippen molar-refractivity contribution in [3.05, 3.63) is 52.5 Å². The highest BCUT2D eigenvalue weighted by molar-refractivity contribution is 6.33. The second-order valence-electron chi connectivity index (χ2n) is 9.23. The second-order valence-corrected chi connectivity index (χ2v) is 9.64. The topological polar surface area (TPSA) is 61.9 Å². The lowest BCUT2D eigenvalue weighted by Crippen LogP contribution is -2.51. The molecule has 0 saturated carbocycles. The van der Waals surface area contributed by atoms with E-state index in [-0.39, 0.29) is 23.8 Å². The number of nitrogens with zero attached hydrogens (tertiary/aromatic N) is 2. The van der Waals surface area contributed by atoms with Crippen molar-refractivity contribution in [3.8, 4) is 5.75 Å². The maximum atomic E-state index is 12.5. The van der Waals surface area contributed by atoms with Gasteiger partial charge in [0.1, 0.15) is 5.75 Å². The summed E-state index contributed by atoms with van der Waals surface area (Å²) in [6.07, 6.45) is 0. The van der Waals surface area contributed by atoms with Crippen LogP contribution in [0.4, 0.5) is 11.4 Å². The van der Waals surface area contributed by atoms with E-state index in [0.29, 0.717) is 29.5 Å². The smallest absolute Gasteiger partial charge is 0.262 e. The molecule has 2 aromatic carbocycles. The van der Waals surface area contributed by atoms with Crippen molar-refractivity contribution in [2.75, 3.05) is 43.0 Å². The lowest BCUT2D eigenvalue weighted by molar-refractivity contribution is -0.139. The summed E-state index contributed by atoms with van der Waals surface area (Å²) in [4.78, 5) is 28.9. The summed E-state index contributed by atoms with van der Waals surface area (Å²) in [5.74, 6) is 0.631. The van der Waals surface area contributed by atoms with Gasteiger partial charge in [0, 0.05) is 37.3 Å². The third-order valence-corrected chi connectivity index (χ3v) is 6.00. The van der Waals surface area contributed by atoms with Gasteiger partial charge in [0.25, 0.3) is 5.91 Å². The molecule has 1 aliphatic rings. The SMILES string of the molecule is Cc1cccc(OCC(=O)Nc2ccc(N3CCN(C(=O)C(C)(C)C)CC3)c(Cl)c2)c1C. The quantitative estimate of drug-likeness (QED) is 0.708.